The summed E-state index contributed by atoms with van der Waals surface area (Å²) in [7, 11) is 0. The van der Waals surface area contributed by atoms with Gasteiger partial charge in [0.05, 0.1) is 0 Å². The molecule has 0 saturated heterocycles. The lowest BCUT2D eigenvalue weighted by Gasteiger charge is -2.19. The van der Waals surface area contributed by atoms with E-state index in [1.165, 1.54) is 0 Å². The number of nitrogens with one attached hydrogen (secondary N) is 1. The number of rotatable bonds is 7. The van der Waals surface area contributed by atoms with Crippen LogP contribution in [-0.2, 0) is 0 Å². The normalized spacial score (nSPS) is 12.2. The van der Waals surface area contributed by atoms with Crippen molar-refractivity contribution in [3.05, 3.63) is 29.3 Å². The predicted molar refractivity (Wildman–Crippen MR) is 81.3 cm³/mol. The van der Waals surface area contributed by atoms with Gasteiger partial charge in [-0.25, -0.2) is 0 Å². The smallest absolute Gasteiger partial charge is 0.251 e. The molecule has 0 fully saturated rings. The van der Waals surface area contributed by atoms with Gasteiger partial charge >= 0.3 is 0 Å². The van der Waals surface area contributed by atoms with Gasteiger partial charge < -0.3 is 11.1 Å². The van der Waals surface area contributed by atoms with E-state index in [0.717, 1.165) is 37.7 Å². The van der Waals surface area contributed by atoms with Crippen molar-refractivity contribution in [3.8, 4) is 0 Å². The van der Waals surface area contributed by atoms with E-state index < -0.39 is 0 Å². The summed E-state index contributed by atoms with van der Waals surface area (Å²) < 4.78 is 0. The Morgan fingerprint density at radius 2 is 2.00 bits per heavy atom. The first-order valence-electron chi connectivity index (χ1n) is 7.26. The molecule has 3 heteroatoms. The van der Waals surface area contributed by atoms with Crippen molar-refractivity contribution in [2.75, 3.05) is 5.73 Å². The van der Waals surface area contributed by atoms with Gasteiger partial charge in [-0.2, -0.15) is 0 Å². The van der Waals surface area contributed by atoms with Crippen LogP contribution in [0.25, 0.3) is 0 Å². The fourth-order valence-corrected chi connectivity index (χ4v) is 2.25. The van der Waals surface area contributed by atoms with E-state index in [1.807, 2.05) is 25.1 Å². The summed E-state index contributed by atoms with van der Waals surface area (Å²) in [6, 6.07) is 5.77. The van der Waals surface area contributed by atoms with Gasteiger partial charge in [-0.05, 0) is 37.5 Å². The lowest BCUT2D eigenvalue weighted by atomic mass is 10.0. The first kappa shape index (κ1) is 15.5. The molecule has 1 amide bonds. The number of nitrogens with two attached hydrogens (primary N) is 1. The summed E-state index contributed by atoms with van der Waals surface area (Å²) in [5.41, 5.74) is 8.08. The molecule has 0 bridgehead atoms. The Kier molecular flexibility index (Phi) is 6.40. The molecular formula is C16H26N2O. The van der Waals surface area contributed by atoms with E-state index >= 15 is 0 Å². The van der Waals surface area contributed by atoms with Crippen LogP contribution in [0.1, 0.15) is 61.9 Å². The van der Waals surface area contributed by atoms with Crippen molar-refractivity contribution in [1.29, 1.82) is 0 Å². The van der Waals surface area contributed by atoms with Gasteiger partial charge in [-0.3, -0.25) is 4.79 Å². The third-order valence-corrected chi connectivity index (χ3v) is 3.50. The Hall–Kier alpha value is -1.51. The standard InChI is InChI=1S/C16H26N2O/c1-4-6-9-13(8-5-2)18-16(19)14-10-7-11-15(17)12(14)3/h7,10-11,13H,4-6,8-9,17H2,1-3H3,(H,18,19). The molecular weight excluding hydrogens is 236 g/mol. The van der Waals surface area contributed by atoms with Gasteiger partial charge in [-0.1, -0.05) is 39.2 Å². The quantitative estimate of drug-likeness (QED) is 0.737. The number of carbonyl (C=O) groups is 1. The summed E-state index contributed by atoms with van der Waals surface area (Å²) in [6.07, 6.45) is 5.49. The zero-order valence-corrected chi connectivity index (χ0v) is 12.3. The molecule has 3 N–H and O–H groups in total. The molecule has 0 aliphatic rings. The topological polar surface area (TPSA) is 55.1 Å². The zero-order chi connectivity index (χ0) is 14.3. The summed E-state index contributed by atoms with van der Waals surface area (Å²) in [6.45, 7) is 6.22. The Labute approximate surface area is 116 Å². The number of unbranched alkanes of at least 4 members (excludes halogenated alkanes) is 1. The van der Waals surface area contributed by atoms with E-state index in [4.69, 9.17) is 5.73 Å². The van der Waals surface area contributed by atoms with E-state index in [9.17, 15) is 4.79 Å². The third kappa shape index (κ3) is 4.58. The molecule has 0 aromatic heterocycles. The maximum Gasteiger partial charge on any atom is 0.251 e. The maximum atomic E-state index is 12.3. The molecule has 19 heavy (non-hydrogen) atoms. The van der Waals surface area contributed by atoms with Gasteiger partial charge in [0.15, 0.2) is 0 Å². The molecule has 3 nitrogen and oxygen atoms in total. The average Bonchev–Trinajstić information content (AvgIpc) is 2.39. The van der Waals surface area contributed by atoms with Crippen LogP contribution in [0, 0.1) is 6.92 Å². The van der Waals surface area contributed by atoms with Crippen LogP contribution in [-0.4, -0.2) is 11.9 Å². The van der Waals surface area contributed by atoms with Crippen LogP contribution in [0.4, 0.5) is 5.69 Å². The van der Waals surface area contributed by atoms with Crippen LogP contribution in [0.3, 0.4) is 0 Å². The van der Waals surface area contributed by atoms with Gasteiger partial charge in [0.25, 0.3) is 5.91 Å². The molecule has 1 unspecified atom stereocenters. The van der Waals surface area contributed by atoms with Crippen LogP contribution < -0.4 is 11.1 Å². The van der Waals surface area contributed by atoms with Gasteiger partial charge in [-0.15, -0.1) is 0 Å². The first-order valence-corrected chi connectivity index (χ1v) is 7.26. The summed E-state index contributed by atoms with van der Waals surface area (Å²) in [4.78, 5) is 12.3. The van der Waals surface area contributed by atoms with Gasteiger partial charge in [0, 0.05) is 17.3 Å². The highest BCUT2D eigenvalue weighted by atomic mass is 16.1. The number of nitrogen functional groups attached to an aromatic ring is 1. The molecule has 0 spiro atoms. The van der Waals surface area contributed by atoms with Crippen LogP contribution in [0.2, 0.25) is 0 Å². The maximum absolute atomic E-state index is 12.3. The van der Waals surface area contributed by atoms with Crippen molar-refractivity contribution in [3.63, 3.8) is 0 Å². The second-order valence-corrected chi connectivity index (χ2v) is 5.12. The zero-order valence-electron chi connectivity index (χ0n) is 12.3. The third-order valence-electron chi connectivity index (χ3n) is 3.50. The van der Waals surface area contributed by atoms with Crippen LogP contribution >= 0.6 is 0 Å². The van der Waals surface area contributed by atoms with E-state index in [0.29, 0.717) is 11.3 Å². The van der Waals surface area contributed by atoms with Crippen molar-refractivity contribution >= 4 is 11.6 Å². The van der Waals surface area contributed by atoms with Crippen molar-refractivity contribution in [2.24, 2.45) is 0 Å². The summed E-state index contributed by atoms with van der Waals surface area (Å²) in [5.74, 6) is -0.000599. The number of anilines is 1. The van der Waals surface area contributed by atoms with Crippen LogP contribution in [0.5, 0.6) is 0 Å². The van der Waals surface area contributed by atoms with E-state index in [2.05, 4.69) is 19.2 Å². The lowest BCUT2D eigenvalue weighted by Crippen LogP contribution is -2.35. The van der Waals surface area contributed by atoms with Crippen molar-refractivity contribution in [1.82, 2.24) is 5.32 Å². The number of carbonyl (C=O) groups excluding carboxylic acids is 1. The highest BCUT2D eigenvalue weighted by molar-refractivity contribution is 5.97. The van der Waals surface area contributed by atoms with Crippen molar-refractivity contribution in [2.45, 2.75) is 58.9 Å². The molecule has 0 radical (unpaired) electrons. The highest BCUT2D eigenvalue weighted by Gasteiger charge is 2.15. The van der Waals surface area contributed by atoms with Gasteiger partial charge in [0.1, 0.15) is 0 Å². The number of hydrogen-bond donors (Lipinski definition) is 2. The fourth-order valence-electron chi connectivity index (χ4n) is 2.25. The fraction of sp³-hybridized carbons (Fsp3) is 0.562. The monoisotopic (exact) mass is 262 g/mol. The minimum absolute atomic E-state index is 0.000599. The Bertz CT molecular complexity index is 415. The SMILES string of the molecule is CCCCC(CCC)NC(=O)c1cccc(N)c1C. The summed E-state index contributed by atoms with van der Waals surface area (Å²) in [5, 5.41) is 3.14. The molecule has 0 aliphatic carbocycles. The second kappa shape index (κ2) is 7.82. The van der Waals surface area contributed by atoms with Crippen LogP contribution in [0.15, 0.2) is 18.2 Å². The molecule has 106 valence electrons. The second-order valence-electron chi connectivity index (χ2n) is 5.12. The molecule has 0 heterocycles. The largest absolute Gasteiger partial charge is 0.398 e. The number of amides is 1. The predicted octanol–water partition coefficient (Wildman–Crippen LogP) is 3.67. The number of benzene rings is 1. The van der Waals surface area contributed by atoms with E-state index in [1.54, 1.807) is 0 Å². The van der Waals surface area contributed by atoms with E-state index in [-0.39, 0.29) is 11.9 Å². The number of hydrogen-bond acceptors (Lipinski definition) is 2. The first-order chi connectivity index (χ1) is 9.10. The van der Waals surface area contributed by atoms with Gasteiger partial charge in [0.2, 0.25) is 0 Å². The Balaban J connectivity index is 2.72. The average molecular weight is 262 g/mol. The molecule has 0 saturated carbocycles. The minimum atomic E-state index is -0.000599. The molecule has 1 rings (SSSR count). The van der Waals surface area contributed by atoms with Crippen molar-refractivity contribution < 1.29 is 4.79 Å². The lowest BCUT2D eigenvalue weighted by molar-refractivity contribution is 0.0931. The molecule has 0 aliphatic heterocycles. The minimum Gasteiger partial charge on any atom is -0.398 e. The Morgan fingerprint density at radius 3 is 2.63 bits per heavy atom. The molecule has 1 aromatic rings. The Morgan fingerprint density at radius 1 is 1.26 bits per heavy atom. The highest BCUT2D eigenvalue weighted by Crippen LogP contribution is 2.16. The molecule has 1 atom stereocenters. The summed E-state index contributed by atoms with van der Waals surface area (Å²) >= 11 is 0. The molecule has 1 aromatic carbocycles.